The smallest absolute Gasteiger partial charge is 0.339 e. The zero-order chi connectivity index (χ0) is 21.1. The highest BCUT2D eigenvalue weighted by atomic mass is 19.1. The molecule has 2 aromatic carbocycles. The Kier molecular flexibility index (Phi) is 9.28. The largest absolute Gasteiger partial charge is 0.462 e. The van der Waals surface area contributed by atoms with Crippen molar-refractivity contribution in [3.63, 3.8) is 0 Å². The fourth-order valence-corrected chi connectivity index (χ4v) is 2.84. The Morgan fingerprint density at radius 1 is 0.828 bits per heavy atom. The van der Waals surface area contributed by atoms with Crippen molar-refractivity contribution in [1.29, 1.82) is 0 Å². The van der Waals surface area contributed by atoms with E-state index in [0.717, 1.165) is 37.5 Å². The summed E-state index contributed by atoms with van der Waals surface area (Å²) < 4.78 is 37.2. The van der Waals surface area contributed by atoms with Crippen LogP contribution in [0.3, 0.4) is 0 Å². The van der Waals surface area contributed by atoms with Gasteiger partial charge in [-0.3, -0.25) is 0 Å². The molecule has 4 nitrogen and oxygen atoms in total. The first-order chi connectivity index (χ1) is 14.0. The van der Waals surface area contributed by atoms with E-state index in [1.807, 2.05) is 0 Å². The van der Waals surface area contributed by atoms with Gasteiger partial charge in [-0.2, -0.15) is 0 Å². The maximum absolute atomic E-state index is 13.7. The summed E-state index contributed by atoms with van der Waals surface area (Å²) in [5, 5.41) is 0. The molecular weight excluding hydrogens is 378 g/mol. The monoisotopic (exact) mass is 404 g/mol. The summed E-state index contributed by atoms with van der Waals surface area (Å²) in [4.78, 5) is 24.7. The second kappa shape index (κ2) is 11.9. The Balaban J connectivity index is 1.90. The maximum atomic E-state index is 13.7. The van der Waals surface area contributed by atoms with E-state index in [2.05, 4.69) is 6.92 Å². The summed E-state index contributed by atoms with van der Waals surface area (Å²) in [5.41, 5.74) is 0.0296. The molecule has 0 radical (unpaired) electrons. The minimum Gasteiger partial charge on any atom is -0.462 e. The second-order valence-electron chi connectivity index (χ2n) is 6.76. The lowest BCUT2D eigenvalue weighted by molar-refractivity contribution is 0.0433. The van der Waals surface area contributed by atoms with Crippen LogP contribution in [-0.4, -0.2) is 18.5 Å². The summed E-state index contributed by atoms with van der Waals surface area (Å²) >= 11 is 0. The van der Waals surface area contributed by atoms with E-state index in [4.69, 9.17) is 9.47 Å². The van der Waals surface area contributed by atoms with E-state index >= 15 is 0 Å². The van der Waals surface area contributed by atoms with Crippen LogP contribution in [-0.2, 0) is 16.1 Å². The number of rotatable bonds is 11. The predicted octanol–water partition coefficient (Wildman–Crippen LogP) is 5.84. The van der Waals surface area contributed by atoms with Crippen LogP contribution in [0.2, 0.25) is 0 Å². The highest BCUT2D eigenvalue weighted by Gasteiger charge is 2.19. The quantitative estimate of drug-likeness (QED) is 0.349. The van der Waals surface area contributed by atoms with Gasteiger partial charge in [-0.25, -0.2) is 18.4 Å². The van der Waals surface area contributed by atoms with Crippen LogP contribution in [0.25, 0.3) is 0 Å². The molecule has 0 heterocycles. The molecule has 0 atom stereocenters. The molecule has 0 N–H and O–H groups in total. The number of carbonyl (C=O) groups is 2. The Morgan fingerprint density at radius 2 is 1.45 bits per heavy atom. The summed E-state index contributed by atoms with van der Waals surface area (Å²) in [6.45, 7) is 1.99. The van der Waals surface area contributed by atoms with Crippen LogP contribution in [0.1, 0.15) is 71.7 Å². The van der Waals surface area contributed by atoms with Gasteiger partial charge < -0.3 is 9.47 Å². The van der Waals surface area contributed by atoms with Crippen LogP contribution >= 0.6 is 0 Å². The molecular formula is C23H26F2O4. The molecule has 0 unspecified atom stereocenters. The Labute approximate surface area is 169 Å². The Bertz CT molecular complexity index is 820. The molecule has 0 aliphatic rings. The van der Waals surface area contributed by atoms with Gasteiger partial charge in [-0.05, 0) is 36.8 Å². The van der Waals surface area contributed by atoms with E-state index in [1.165, 1.54) is 31.4 Å². The van der Waals surface area contributed by atoms with Crippen molar-refractivity contribution in [3.05, 3.63) is 70.8 Å². The highest BCUT2D eigenvalue weighted by molar-refractivity contribution is 6.03. The van der Waals surface area contributed by atoms with Gasteiger partial charge in [-0.15, -0.1) is 0 Å². The number of esters is 2. The van der Waals surface area contributed by atoms with Crippen LogP contribution in [0, 0.1) is 11.6 Å². The van der Waals surface area contributed by atoms with Crippen molar-refractivity contribution >= 4 is 11.9 Å². The van der Waals surface area contributed by atoms with Crippen molar-refractivity contribution < 1.29 is 27.8 Å². The zero-order valence-corrected chi connectivity index (χ0v) is 16.6. The number of hydrogen-bond donors (Lipinski definition) is 0. The first-order valence-corrected chi connectivity index (χ1v) is 9.90. The minimum absolute atomic E-state index is 0.0252. The molecule has 0 amide bonds. The van der Waals surface area contributed by atoms with Gasteiger partial charge in [0.15, 0.2) is 0 Å². The number of hydrogen-bond acceptors (Lipinski definition) is 4. The van der Waals surface area contributed by atoms with Crippen molar-refractivity contribution in [2.75, 3.05) is 6.61 Å². The van der Waals surface area contributed by atoms with Crippen molar-refractivity contribution in [1.82, 2.24) is 0 Å². The van der Waals surface area contributed by atoms with Gasteiger partial charge in [0.1, 0.15) is 18.2 Å². The normalized spacial score (nSPS) is 10.6. The first kappa shape index (κ1) is 22.5. The number of carbonyl (C=O) groups excluding carboxylic acids is 2. The molecule has 156 valence electrons. The number of unbranched alkanes of at least 4 members (excludes halogenated alkanes) is 5. The molecule has 0 aliphatic carbocycles. The molecule has 0 saturated carbocycles. The molecule has 0 saturated heterocycles. The average Bonchev–Trinajstić information content (AvgIpc) is 2.73. The molecule has 0 spiro atoms. The molecule has 0 aliphatic heterocycles. The topological polar surface area (TPSA) is 52.6 Å². The van der Waals surface area contributed by atoms with Crippen LogP contribution in [0.4, 0.5) is 8.78 Å². The van der Waals surface area contributed by atoms with E-state index in [9.17, 15) is 18.4 Å². The molecule has 29 heavy (non-hydrogen) atoms. The Hall–Kier alpha value is -2.76. The van der Waals surface area contributed by atoms with Gasteiger partial charge in [0, 0.05) is 5.56 Å². The third kappa shape index (κ3) is 7.29. The average molecular weight is 404 g/mol. The lowest BCUT2D eigenvalue weighted by Gasteiger charge is -2.10. The maximum Gasteiger partial charge on any atom is 0.339 e. The van der Waals surface area contributed by atoms with E-state index in [1.54, 1.807) is 12.1 Å². The number of benzene rings is 2. The summed E-state index contributed by atoms with van der Waals surface area (Å²) in [6, 6.07) is 9.02. The third-order valence-corrected chi connectivity index (χ3v) is 4.46. The zero-order valence-electron chi connectivity index (χ0n) is 16.6. The SMILES string of the molecule is CCCCCCCCOC(=O)c1ccccc1C(=O)OCc1cc(F)ccc1F. The van der Waals surface area contributed by atoms with Crippen LogP contribution in [0.5, 0.6) is 0 Å². The molecule has 6 heteroatoms. The number of halogens is 2. The summed E-state index contributed by atoms with van der Waals surface area (Å²) in [6.07, 6.45) is 6.40. The fourth-order valence-electron chi connectivity index (χ4n) is 2.84. The van der Waals surface area contributed by atoms with Crippen LogP contribution in [0.15, 0.2) is 42.5 Å². The van der Waals surface area contributed by atoms with E-state index in [-0.39, 0.29) is 23.3 Å². The lowest BCUT2D eigenvalue weighted by atomic mass is 10.1. The standard InChI is InChI=1S/C23H26F2O4/c1-2-3-4-5-6-9-14-28-22(26)19-10-7-8-11-20(19)23(27)29-16-17-15-18(24)12-13-21(17)25/h7-8,10-13,15H,2-6,9,14,16H2,1H3. The predicted molar refractivity (Wildman–Crippen MR) is 106 cm³/mol. The van der Waals surface area contributed by atoms with Gasteiger partial charge in [0.2, 0.25) is 0 Å². The van der Waals surface area contributed by atoms with E-state index < -0.39 is 30.2 Å². The molecule has 0 aromatic heterocycles. The molecule has 0 fully saturated rings. The van der Waals surface area contributed by atoms with Gasteiger partial charge >= 0.3 is 11.9 Å². The molecule has 2 aromatic rings. The van der Waals surface area contributed by atoms with Crippen LogP contribution < -0.4 is 0 Å². The van der Waals surface area contributed by atoms with Crippen molar-refractivity contribution in [2.45, 2.75) is 52.1 Å². The summed E-state index contributed by atoms with van der Waals surface area (Å²) in [5.74, 6) is -2.72. The highest BCUT2D eigenvalue weighted by Crippen LogP contribution is 2.16. The second-order valence-corrected chi connectivity index (χ2v) is 6.76. The Morgan fingerprint density at radius 3 is 2.14 bits per heavy atom. The molecule has 2 rings (SSSR count). The van der Waals surface area contributed by atoms with Gasteiger partial charge in [-0.1, -0.05) is 51.2 Å². The molecule has 0 bridgehead atoms. The first-order valence-electron chi connectivity index (χ1n) is 9.90. The summed E-state index contributed by atoms with van der Waals surface area (Å²) in [7, 11) is 0. The lowest BCUT2D eigenvalue weighted by Crippen LogP contribution is -2.14. The van der Waals surface area contributed by atoms with Gasteiger partial charge in [0.25, 0.3) is 0 Å². The fraction of sp³-hybridized carbons (Fsp3) is 0.391. The van der Waals surface area contributed by atoms with E-state index in [0.29, 0.717) is 0 Å². The van der Waals surface area contributed by atoms with Crippen molar-refractivity contribution in [2.24, 2.45) is 0 Å². The third-order valence-electron chi connectivity index (χ3n) is 4.46. The van der Waals surface area contributed by atoms with Gasteiger partial charge in [0.05, 0.1) is 17.7 Å². The number of ether oxygens (including phenoxy) is 2. The minimum atomic E-state index is -0.805. The van der Waals surface area contributed by atoms with Crippen molar-refractivity contribution in [3.8, 4) is 0 Å².